The van der Waals surface area contributed by atoms with Gasteiger partial charge in [0, 0.05) is 17.4 Å². The molecule has 0 aromatic heterocycles. The van der Waals surface area contributed by atoms with Gasteiger partial charge in [-0.3, -0.25) is 9.59 Å². The van der Waals surface area contributed by atoms with Gasteiger partial charge in [0.25, 0.3) is 0 Å². The van der Waals surface area contributed by atoms with Gasteiger partial charge >= 0.3 is 0 Å². The number of carbonyl (C=O) groups is 2. The molecular weight excluding hydrogens is 316 g/mol. The second kappa shape index (κ2) is 9.56. The first-order valence-electron chi connectivity index (χ1n) is 8.96. The first kappa shape index (κ1) is 26.1. The molecule has 0 atom stereocenters. The third kappa shape index (κ3) is 17.5. The highest BCUT2D eigenvalue weighted by atomic mass is 16.5. The van der Waals surface area contributed by atoms with Crippen molar-refractivity contribution in [2.24, 2.45) is 16.2 Å². The van der Waals surface area contributed by atoms with E-state index in [2.05, 4.69) is 31.4 Å². The van der Waals surface area contributed by atoms with E-state index in [-0.39, 0.29) is 40.4 Å². The van der Waals surface area contributed by atoms with Crippen LogP contribution in [0.3, 0.4) is 0 Å². The van der Waals surface area contributed by atoms with Gasteiger partial charge in [0.05, 0.1) is 5.60 Å². The second-order valence-electron chi connectivity index (χ2n) is 10.7. The molecule has 0 aliphatic heterocycles. The minimum Gasteiger partial charge on any atom is -0.356 e. The van der Waals surface area contributed by atoms with Crippen LogP contribution >= 0.6 is 0 Å². The van der Waals surface area contributed by atoms with Crippen LogP contribution < -0.4 is 10.6 Å². The van der Waals surface area contributed by atoms with Crippen LogP contribution in [0.5, 0.6) is 0 Å². The first-order valence-corrected chi connectivity index (χ1v) is 8.96. The molecule has 0 aliphatic rings. The Balaban J connectivity index is 0. The number of ether oxygens (including phenoxy) is 1. The topological polar surface area (TPSA) is 67.4 Å². The van der Waals surface area contributed by atoms with E-state index in [1.807, 2.05) is 62.3 Å². The Morgan fingerprint density at radius 1 is 0.680 bits per heavy atom. The quantitative estimate of drug-likeness (QED) is 0.746. The molecule has 25 heavy (non-hydrogen) atoms. The highest BCUT2D eigenvalue weighted by molar-refractivity contribution is 5.81. The number of nitrogens with one attached hydrogen (secondary N) is 2. The largest absolute Gasteiger partial charge is 0.356 e. The number of rotatable bonds is 3. The lowest BCUT2D eigenvalue weighted by molar-refractivity contribution is -0.132. The zero-order chi connectivity index (χ0) is 20.7. The summed E-state index contributed by atoms with van der Waals surface area (Å²) in [5.74, 6) is 0.133. The Bertz CT molecular complexity index is 416. The maximum Gasteiger partial charge on any atom is 0.227 e. The first-order chi connectivity index (χ1) is 10.8. The molecule has 5 heteroatoms. The molecule has 0 spiro atoms. The van der Waals surface area contributed by atoms with Crippen LogP contribution in [0.2, 0.25) is 0 Å². The maximum absolute atomic E-state index is 11.4. The lowest BCUT2D eigenvalue weighted by Crippen LogP contribution is -2.39. The van der Waals surface area contributed by atoms with Gasteiger partial charge in [-0.05, 0) is 26.2 Å². The van der Waals surface area contributed by atoms with Gasteiger partial charge in [0.1, 0.15) is 6.73 Å². The van der Waals surface area contributed by atoms with E-state index in [1.165, 1.54) is 0 Å². The van der Waals surface area contributed by atoms with E-state index >= 15 is 0 Å². The van der Waals surface area contributed by atoms with Crippen LogP contribution in [0.1, 0.15) is 83.1 Å². The molecule has 0 fully saturated rings. The Labute approximate surface area is 155 Å². The van der Waals surface area contributed by atoms with Crippen molar-refractivity contribution in [1.29, 1.82) is 0 Å². The molecule has 0 bridgehead atoms. The van der Waals surface area contributed by atoms with Crippen LogP contribution in [0.4, 0.5) is 0 Å². The van der Waals surface area contributed by atoms with Crippen molar-refractivity contribution in [2.75, 3.05) is 13.3 Å². The fraction of sp³-hybridized carbons (Fsp3) is 0.900. The molecule has 150 valence electrons. The third-order valence-corrected chi connectivity index (χ3v) is 2.88. The van der Waals surface area contributed by atoms with E-state index in [1.54, 1.807) is 0 Å². The molecule has 0 saturated heterocycles. The number of hydrogen-bond acceptors (Lipinski definition) is 3. The molecule has 5 nitrogen and oxygen atoms in total. The van der Waals surface area contributed by atoms with Gasteiger partial charge in [-0.2, -0.15) is 0 Å². The Morgan fingerprint density at radius 3 is 1.32 bits per heavy atom. The van der Waals surface area contributed by atoms with E-state index in [4.69, 9.17) is 4.74 Å². The smallest absolute Gasteiger partial charge is 0.227 e. The van der Waals surface area contributed by atoms with E-state index in [0.717, 1.165) is 6.54 Å². The van der Waals surface area contributed by atoms with Crippen LogP contribution in [0, 0.1) is 16.2 Å². The summed E-state index contributed by atoms with van der Waals surface area (Å²) >= 11 is 0. The number of hydrogen-bond donors (Lipinski definition) is 2. The van der Waals surface area contributed by atoms with E-state index < -0.39 is 0 Å². The van der Waals surface area contributed by atoms with Crippen molar-refractivity contribution >= 4 is 11.8 Å². The van der Waals surface area contributed by atoms with Crippen LogP contribution in [0.15, 0.2) is 0 Å². The van der Waals surface area contributed by atoms with Gasteiger partial charge in [0.2, 0.25) is 11.8 Å². The van der Waals surface area contributed by atoms with E-state index in [0.29, 0.717) is 0 Å². The minimum absolute atomic E-state index is 0.0109. The average Bonchev–Trinajstić information content (AvgIpc) is 2.31. The zero-order valence-electron chi connectivity index (χ0n) is 18.6. The van der Waals surface area contributed by atoms with Crippen molar-refractivity contribution < 1.29 is 14.3 Å². The van der Waals surface area contributed by atoms with Gasteiger partial charge in [-0.15, -0.1) is 0 Å². The summed E-state index contributed by atoms with van der Waals surface area (Å²) in [6.07, 6.45) is 0. The predicted molar refractivity (Wildman–Crippen MR) is 105 cm³/mol. The Hall–Kier alpha value is -1.10. The van der Waals surface area contributed by atoms with Crippen molar-refractivity contribution in [3.05, 3.63) is 0 Å². The molecule has 0 aromatic carbocycles. The van der Waals surface area contributed by atoms with Crippen molar-refractivity contribution in [2.45, 2.75) is 88.7 Å². The second-order valence-corrected chi connectivity index (χ2v) is 10.7. The maximum atomic E-state index is 11.4. The summed E-state index contributed by atoms with van der Waals surface area (Å²) in [5.41, 5.74) is -0.654. The molecule has 0 radical (unpaired) electrons. The minimum atomic E-state index is -0.346. The van der Waals surface area contributed by atoms with Crippen molar-refractivity contribution in [3.8, 4) is 0 Å². The summed E-state index contributed by atoms with van der Waals surface area (Å²) in [6.45, 7) is 24.6. The molecule has 2 N–H and O–H groups in total. The van der Waals surface area contributed by atoms with Gasteiger partial charge in [-0.25, -0.2) is 0 Å². The van der Waals surface area contributed by atoms with Gasteiger partial charge in [-0.1, -0.05) is 62.3 Å². The standard InChI is InChI=1S/C10H21NO2.C10H21NO/c1-9(2,3)8(12)11-7-13-10(4,5)6;1-9(2,3)7-11-8(12)10(4,5)6/h7H2,1-6H3,(H,11,12);7H2,1-6H3,(H,11,12). The summed E-state index contributed by atoms with van der Waals surface area (Å²) in [7, 11) is 0. The van der Waals surface area contributed by atoms with Gasteiger partial charge < -0.3 is 15.4 Å². The van der Waals surface area contributed by atoms with Crippen LogP contribution in [0.25, 0.3) is 0 Å². The molecular formula is C20H42N2O3. The van der Waals surface area contributed by atoms with Crippen molar-refractivity contribution in [1.82, 2.24) is 10.6 Å². The fourth-order valence-corrected chi connectivity index (χ4v) is 1.19. The molecule has 0 aromatic rings. The monoisotopic (exact) mass is 358 g/mol. The molecule has 0 aliphatic carbocycles. The summed E-state index contributed by atoms with van der Waals surface area (Å²) in [5, 5.41) is 5.64. The molecule has 0 rings (SSSR count). The summed E-state index contributed by atoms with van der Waals surface area (Å²) in [6, 6.07) is 0. The number of carbonyl (C=O) groups excluding carboxylic acids is 2. The molecule has 0 heterocycles. The highest BCUT2D eigenvalue weighted by Crippen LogP contribution is 2.15. The Morgan fingerprint density at radius 2 is 1.04 bits per heavy atom. The average molecular weight is 359 g/mol. The van der Waals surface area contributed by atoms with E-state index in [9.17, 15) is 9.59 Å². The highest BCUT2D eigenvalue weighted by Gasteiger charge is 2.22. The van der Waals surface area contributed by atoms with Crippen molar-refractivity contribution in [3.63, 3.8) is 0 Å². The summed E-state index contributed by atoms with van der Waals surface area (Å²) in [4.78, 5) is 22.8. The lowest BCUT2D eigenvalue weighted by atomic mass is 9.93. The third-order valence-electron chi connectivity index (χ3n) is 2.88. The Kier molecular flexibility index (Phi) is 9.99. The van der Waals surface area contributed by atoms with Gasteiger partial charge in [0.15, 0.2) is 0 Å². The molecule has 2 amide bonds. The fourth-order valence-electron chi connectivity index (χ4n) is 1.19. The number of amides is 2. The van der Waals surface area contributed by atoms with Crippen LogP contribution in [-0.2, 0) is 14.3 Å². The summed E-state index contributed by atoms with van der Waals surface area (Å²) < 4.78 is 5.36. The zero-order valence-corrected chi connectivity index (χ0v) is 18.6. The molecule has 0 unspecified atom stereocenters. The normalized spacial score (nSPS) is 12.8. The molecule has 0 saturated carbocycles. The van der Waals surface area contributed by atoms with Crippen LogP contribution in [-0.4, -0.2) is 30.7 Å². The lowest BCUT2D eigenvalue weighted by Gasteiger charge is -2.23. The SMILES string of the molecule is CC(C)(C)CNC(=O)C(C)(C)C.CC(C)(C)OCNC(=O)C(C)(C)C. The predicted octanol–water partition coefficient (Wildman–Crippen LogP) is 4.12.